The smallest absolute Gasteiger partial charge is 0.343 e. The molecule has 0 aliphatic heterocycles. The number of hydrogen-bond donors (Lipinski definition) is 2. The molecule has 0 unspecified atom stereocenters. The molecule has 10 heteroatoms. The second-order valence-electron chi connectivity index (χ2n) is 7.65. The lowest BCUT2D eigenvalue weighted by Crippen LogP contribution is -2.32. The summed E-state index contributed by atoms with van der Waals surface area (Å²) in [5.74, 6) is -2.04. The van der Waals surface area contributed by atoms with E-state index < -0.39 is 17.8 Å². The van der Waals surface area contributed by atoms with Crippen LogP contribution >= 0.6 is 22.9 Å². The largest absolute Gasteiger partial charge is 0.423 e. The average molecular weight is 507 g/mol. The molecule has 2 amide bonds. The van der Waals surface area contributed by atoms with Crippen LogP contribution in [0, 0.1) is 11.3 Å². The van der Waals surface area contributed by atoms with E-state index in [1.165, 1.54) is 17.6 Å². The van der Waals surface area contributed by atoms with Crippen LogP contribution in [0.3, 0.4) is 0 Å². The molecule has 0 spiro atoms. The minimum atomic E-state index is -0.954. The van der Waals surface area contributed by atoms with Crippen molar-refractivity contribution in [3.8, 4) is 11.8 Å². The summed E-state index contributed by atoms with van der Waals surface area (Å²) in [5, 5.41) is 16.7. The third-order valence-corrected chi connectivity index (χ3v) is 6.73. The number of aryl methyl sites for hydroxylation is 1. The number of carbonyl (C=O) groups is 3. The lowest BCUT2D eigenvalue weighted by Gasteiger charge is -2.09. The van der Waals surface area contributed by atoms with Crippen LogP contribution in [0.5, 0.6) is 5.75 Å². The second-order valence-corrected chi connectivity index (χ2v) is 9.19. The van der Waals surface area contributed by atoms with Crippen molar-refractivity contribution < 1.29 is 19.1 Å². The van der Waals surface area contributed by atoms with Gasteiger partial charge in [-0.25, -0.2) is 10.2 Å². The van der Waals surface area contributed by atoms with Gasteiger partial charge in [0.1, 0.15) is 16.8 Å². The molecule has 4 rings (SSSR count). The first-order chi connectivity index (χ1) is 16.9. The van der Waals surface area contributed by atoms with Gasteiger partial charge in [-0.3, -0.25) is 9.59 Å². The third-order valence-electron chi connectivity index (χ3n) is 5.27. The number of halogens is 1. The number of hydrogen-bond acceptors (Lipinski definition) is 7. The predicted octanol–water partition coefficient (Wildman–Crippen LogP) is 4.46. The van der Waals surface area contributed by atoms with Crippen molar-refractivity contribution in [1.82, 2.24) is 5.43 Å². The Morgan fingerprint density at radius 3 is 2.46 bits per heavy atom. The zero-order chi connectivity index (χ0) is 24.8. The molecule has 1 aromatic heterocycles. The van der Waals surface area contributed by atoms with Crippen molar-refractivity contribution >= 4 is 51.9 Å². The van der Waals surface area contributed by atoms with E-state index in [1.54, 1.807) is 48.5 Å². The van der Waals surface area contributed by atoms with Crippen molar-refractivity contribution in [2.24, 2.45) is 5.10 Å². The lowest BCUT2D eigenvalue weighted by molar-refractivity contribution is -0.136. The standard InChI is InChI=1S/C25H19ClN4O4S/c26-17-9-7-16(8-10-17)25(33)34-18-11-5-15(6-12-18)14-28-30-23(32)22(31)29-24-20(13-27)19-3-1-2-4-21(19)35-24/h5-12,14H,1-4H2,(H,29,31)(H,30,32)/b28-14-. The van der Waals surface area contributed by atoms with Crippen LogP contribution in [0.15, 0.2) is 53.6 Å². The molecule has 1 aliphatic rings. The Hall–Kier alpha value is -4.00. The molecule has 2 aromatic carbocycles. The minimum absolute atomic E-state index is 0.331. The first kappa shape index (κ1) is 24.1. The van der Waals surface area contributed by atoms with Crippen molar-refractivity contribution in [2.45, 2.75) is 25.7 Å². The van der Waals surface area contributed by atoms with Gasteiger partial charge in [-0.15, -0.1) is 11.3 Å². The molecule has 0 radical (unpaired) electrons. The summed E-state index contributed by atoms with van der Waals surface area (Å²) in [7, 11) is 0. The molecule has 35 heavy (non-hydrogen) atoms. The number of rotatable bonds is 5. The number of anilines is 1. The van der Waals surface area contributed by atoms with Gasteiger partial charge in [0, 0.05) is 9.90 Å². The minimum Gasteiger partial charge on any atom is -0.423 e. The topological polar surface area (TPSA) is 121 Å². The Morgan fingerprint density at radius 1 is 1.03 bits per heavy atom. The van der Waals surface area contributed by atoms with Crippen LogP contribution in [0.1, 0.15) is 44.8 Å². The third kappa shape index (κ3) is 5.93. The number of benzene rings is 2. The second kappa shape index (κ2) is 11.0. The van der Waals surface area contributed by atoms with Crippen LogP contribution < -0.4 is 15.5 Å². The molecule has 0 saturated heterocycles. The fraction of sp³-hybridized carbons (Fsp3) is 0.160. The molecule has 2 N–H and O–H groups in total. The van der Waals surface area contributed by atoms with Crippen molar-refractivity contribution in [3.63, 3.8) is 0 Å². The molecule has 0 bridgehead atoms. The summed E-state index contributed by atoms with van der Waals surface area (Å²) in [6.45, 7) is 0. The first-order valence-corrected chi connectivity index (χ1v) is 11.9. The monoisotopic (exact) mass is 506 g/mol. The van der Waals surface area contributed by atoms with Gasteiger partial charge in [0.25, 0.3) is 0 Å². The number of carbonyl (C=O) groups excluding carboxylic acids is 3. The Labute approximate surface area is 210 Å². The molecule has 8 nitrogen and oxygen atoms in total. The maximum Gasteiger partial charge on any atom is 0.343 e. The molecule has 1 aliphatic carbocycles. The van der Waals surface area contributed by atoms with E-state index in [0.717, 1.165) is 36.1 Å². The summed E-state index contributed by atoms with van der Waals surface area (Å²) < 4.78 is 5.30. The molecule has 176 valence electrons. The van der Waals surface area contributed by atoms with Crippen molar-refractivity contribution in [1.29, 1.82) is 5.26 Å². The highest BCUT2D eigenvalue weighted by Crippen LogP contribution is 2.37. The Bertz CT molecular complexity index is 1340. The van der Waals surface area contributed by atoms with Crippen LogP contribution in [-0.2, 0) is 22.4 Å². The van der Waals surface area contributed by atoms with E-state index in [9.17, 15) is 19.6 Å². The molecule has 0 saturated carbocycles. The molecule has 0 atom stereocenters. The summed E-state index contributed by atoms with van der Waals surface area (Å²) in [6.07, 6.45) is 5.08. The number of nitriles is 1. The zero-order valence-electron chi connectivity index (χ0n) is 18.3. The molecular weight excluding hydrogens is 488 g/mol. The fourth-order valence-electron chi connectivity index (χ4n) is 3.52. The maximum absolute atomic E-state index is 12.3. The van der Waals surface area contributed by atoms with Crippen molar-refractivity contribution in [3.05, 3.63) is 80.7 Å². The van der Waals surface area contributed by atoms with Gasteiger partial charge in [-0.05, 0) is 85.3 Å². The van der Waals surface area contributed by atoms with E-state index in [2.05, 4.69) is 21.9 Å². The van der Waals surface area contributed by atoms with E-state index in [4.69, 9.17) is 16.3 Å². The Kier molecular flexibility index (Phi) is 7.55. The molecule has 3 aromatic rings. The fourth-order valence-corrected chi connectivity index (χ4v) is 4.88. The number of fused-ring (bicyclic) bond motifs is 1. The van der Waals surface area contributed by atoms with Gasteiger partial charge in [0.2, 0.25) is 0 Å². The number of esters is 1. The van der Waals surface area contributed by atoms with E-state index >= 15 is 0 Å². The number of thiophene rings is 1. The van der Waals surface area contributed by atoms with Gasteiger partial charge in [0.15, 0.2) is 0 Å². The van der Waals surface area contributed by atoms with Gasteiger partial charge < -0.3 is 10.1 Å². The summed E-state index contributed by atoms with van der Waals surface area (Å²) in [6, 6.07) is 14.9. The maximum atomic E-state index is 12.3. The highest BCUT2D eigenvalue weighted by Gasteiger charge is 2.23. The summed E-state index contributed by atoms with van der Waals surface area (Å²) in [4.78, 5) is 37.6. The van der Waals surface area contributed by atoms with E-state index in [0.29, 0.717) is 32.5 Å². The zero-order valence-corrected chi connectivity index (χ0v) is 19.9. The van der Waals surface area contributed by atoms with E-state index in [1.807, 2.05) is 0 Å². The van der Waals surface area contributed by atoms with Crippen LogP contribution in [0.2, 0.25) is 5.02 Å². The van der Waals surface area contributed by atoms with Gasteiger partial charge in [-0.1, -0.05) is 11.6 Å². The highest BCUT2D eigenvalue weighted by molar-refractivity contribution is 7.16. The SMILES string of the molecule is N#Cc1c(NC(=O)C(=O)N/N=C\c2ccc(OC(=O)c3ccc(Cl)cc3)cc2)sc2c1CCCC2. The number of nitrogens with one attached hydrogen (secondary N) is 2. The first-order valence-electron chi connectivity index (χ1n) is 10.7. The number of nitrogens with zero attached hydrogens (tertiary/aromatic N) is 2. The van der Waals surface area contributed by atoms with Crippen molar-refractivity contribution in [2.75, 3.05) is 5.32 Å². The highest BCUT2D eigenvalue weighted by atomic mass is 35.5. The average Bonchev–Trinajstić information content (AvgIpc) is 3.22. The van der Waals surface area contributed by atoms with Gasteiger partial charge >= 0.3 is 17.8 Å². The van der Waals surface area contributed by atoms with Crippen LogP contribution in [-0.4, -0.2) is 24.0 Å². The molecule has 1 heterocycles. The summed E-state index contributed by atoms with van der Waals surface area (Å²) in [5.41, 5.74) is 4.55. The lowest BCUT2D eigenvalue weighted by atomic mass is 9.96. The van der Waals surface area contributed by atoms with Gasteiger partial charge in [-0.2, -0.15) is 10.4 Å². The molecular formula is C25H19ClN4O4S. The summed E-state index contributed by atoms with van der Waals surface area (Å²) >= 11 is 7.16. The Morgan fingerprint density at radius 2 is 1.74 bits per heavy atom. The number of ether oxygens (including phenoxy) is 1. The number of hydrazone groups is 1. The predicted molar refractivity (Wildman–Crippen MR) is 133 cm³/mol. The normalized spacial score (nSPS) is 12.5. The van der Waals surface area contributed by atoms with Crippen LogP contribution in [0.25, 0.3) is 0 Å². The quantitative estimate of drug-likeness (QED) is 0.174. The van der Waals surface area contributed by atoms with Crippen LogP contribution in [0.4, 0.5) is 5.00 Å². The van der Waals surface area contributed by atoms with Gasteiger partial charge in [0.05, 0.1) is 17.3 Å². The van der Waals surface area contributed by atoms with E-state index in [-0.39, 0.29) is 0 Å². The molecule has 0 fully saturated rings. The number of amides is 2. The Balaban J connectivity index is 1.30.